The second-order valence-electron chi connectivity index (χ2n) is 4.57. The van der Waals surface area contributed by atoms with Crippen molar-refractivity contribution in [1.29, 1.82) is 0 Å². The molecule has 0 aliphatic carbocycles. The zero-order valence-electron chi connectivity index (χ0n) is 11.7. The van der Waals surface area contributed by atoms with Crippen molar-refractivity contribution < 1.29 is 13.6 Å². The van der Waals surface area contributed by atoms with Gasteiger partial charge in [0.1, 0.15) is 11.6 Å². The van der Waals surface area contributed by atoms with Crippen molar-refractivity contribution in [3.8, 4) is 5.69 Å². The number of nitrogens with zero attached hydrogens (tertiary/aromatic N) is 4. The third-order valence-corrected chi connectivity index (χ3v) is 3.93. The highest BCUT2D eigenvalue weighted by Crippen LogP contribution is 2.19. The zero-order valence-corrected chi connectivity index (χ0v) is 12.5. The number of hydrogen-bond acceptors (Lipinski definition) is 5. The van der Waals surface area contributed by atoms with Gasteiger partial charge < -0.3 is 0 Å². The minimum Gasteiger partial charge on any atom is -0.293 e. The molecule has 1 aromatic heterocycles. The van der Waals surface area contributed by atoms with Gasteiger partial charge in [-0.3, -0.25) is 4.79 Å². The molecule has 0 saturated carbocycles. The van der Waals surface area contributed by atoms with Crippen molar-refractivity contribution in [3.05, 3.63) is 65.7 Å². The highest BCUT2D eigenvalue weighted by molar-refractivity contribution is 7.99. The summed E-state index contributed by atoms with van der Waals surface area (Å²) >= 11 is 1.15. The lowest BCUT2D eigenvalue weighted by atomic mass is 10.1. The number of ketones is 1. The molecular formula is C15H10F2N4OS. The van der Waals surface area contributed by atoms with E-state index in [1.807, 2.05) is 0 Å². The molecule has 0 aliphatic heterocycles. The molecule has 0 bridgehead atoms. The van der Waals surface area contributed by atoms with Gasteiger partial charge in [0.15, 0.2) is 5.78 Å². The molecule has 2 aromatic carbocycles. The second kappa shape index (κ2) is 6.66. The Balaban J connectivity index is 1.72. The van der Waals surface area contributed by atoms with Gasteiger partial charge >= 0.3 is 0 Å². The van der Waals surface area contributed by atoms with Crippen LogP contribution in [0.5, 0.6) is 0 Å². The molecule has 0 radical (unpaired) electrons. The van der Waals surface area contributed by atoms with E-state index in [-0.39, 0.29) is 17.4 Å². The molecular weight excluding hydrogens is 322 g/mol. The van der Waals surface area contributed by atoms with Crippen LogP contribution in [0.1, 0.15) is 10.4 Å². The van der Waals surface area contributed by atoms with Gasteiger partial charge in [-0.15, -0.1) is 5.10 Å². The standard InChI is InChI=1S/C15H10F2N4OS/c16-11-3-1-10(2-4-11)14(22)9-23-15-18-19-20-21(15)13-7-5-12(17)6-8-13/h1-8H,9H2. The summed E-state index contributed by atoms with van der Waals surface area (Å²) in [5, 5.41) is 11.7. The molecule has 23 heavy (non-hydrogen) atoms. The number of carbonyl (C=O) groups is 1. The van der Waals surface area contributed by atoms with E-state index in [1.54, 1.807) is 0 Å². The fraction of sp³-hybridized carbons (Fsp3) is 0.0667. The van der Waals surface area contributed by atoms with E-state index < -0.39 is 5.82 Å². The smallest absolute Gasteiger partial charge is 0.214 e. The van der Waals surface area contributed by atoms with Crippen molar-refractivity contribution in [1.82, 2.24) is 20.2 Å². The number of thioether (sulfide) groups is 1. The average Bonchev–Trinajstić information content (AvgIpc) is 3.02. The predicted octanol–water partition coefficient (Wildman–Crippen LogP) is 2.92. The van der Waals surface area contributed by atoms with E-state index in [9.17, 15) is 13.6 Å². The second-order valence-corrected chi connectivity index (χ2v) is 5.51. The SMILES string of the molecule is O=C(CSc1nnnn1-c1ccc(F)cc1)c1ccc(F)cc1. The van der Waals surface area contributed by atoms with Crippen LogP contribution in [0.25, 0.3) is 5.69 Å². The van der Waals surface area contributed by atoms with Crippen molar-refractivity contribution in [3.63, 3.8) is 0 Å². The van der Waals surface area contributed by atoms with Crippen LogP contribution >= 0.6 is 11.8 Å². The Labute approximate surface area is 134 Å². The summed E-state index contributed by atoms with van der Waals surface area (Å²) in [4.78, 5) is 12.1. The summed E-state index contributed by atoms with van der Waals surface area (Å²) < 4.78 is 27.2. The van der Waals surface area contributed by atoms with Crippen molar-refractivity contribution in [2.75, 3.05) is 5.75 Å². The molecule has 0 spiro atoms. The predicted molar refractivity (Wildman–Crippen MR) is 80.6 cm³/mol. The van der Waals surface area contributed by atoms with E-state index in [1.165, 1.54) is 53.2 Å². The maximum absolute atomic E-state index is 13.0. The Morgan fingerprint density at radius 3 is 2.26 bits per heavy atom. The van der Waals surface area contributed by atoms with Gasteiger partial charge in [-0.2, -0.15) is 4.68 Å². The molecule has 3 rings (SSSR count). The zero-order chi connectivity index (χ0) is 16.2. The molecule has 0 fully saturated rings. The Bertz CT molecular complexity index is 818. The summed E-state index contributed by atoms with van der Waals surface area (Å²) in [7, 11) is 0. The Kier molecular flexibility index (Phi) is 4.42. The number of aromatic nitrogens is 4. The topological polar surface area (TPSA) is 60.7 Å². The summed E-state index contributed by atoms with van der Waals surface area (Å²) in [6.07, 6.45) is 0. The third kappa shape index (κ3) is 3.59. The third-order valence-electron chi connectivity index (χ3n) is 3.01. The van der Waals surface area contributed by atoms with Gasteiger partial charge in [0.25, 0.3) is 0 Å². The fourth-order valence-corrected chi connectivity index (χ4v) is 2.65. The monoisotopic (exact) mass is 332 g/mol. The van der Waals surface area contributed by atoms with Crippen LogP contribution in [0.4, 0.5) is 8.78 Å². The van der Waals surface area contributed by atoms with Gasteiger partial charge in [0.2, 0.25) is 5.16 Å². The lowest BCUT2D eigenvalue weighted by Gasteiger charge is -2.04. The van der Waals surface area contributed by atoms with Gasteiger partial charge in [-0.25, -0.2) is 8.78 Å². The molecule has 0 N–H and O–H groups in total. The Morgan fingerprint density at radius 1 is 1.00 bits per heavy atom. The lowest BCUT2D eigenvalue weighted by molar-refractivity contribution is 0.102. The van der Waals surface area contributed by atoms with Crippen LogP contribution in [0.15, 0.2) is 53.7 Å². The van der Waals surface area contributed by atoms with Crippen LogP contribution < -0.4 is 0 Å². The molecule has 0 unspecified atom stereocenters. The van der Waals surface area contributed by atoms with Gasteiger partial charge in [-0.1, -0.05) is 11.8 Å². The van der Waals surface area contributed by atoms with E-state index in [0.717, 1.165) is 11.8 Å². The summed E-state index contributed by atoms with van der Waals surface area (Å²) in [5.74, 6) is -0.812. The molecule has 8 heteroatoms. The molecule has 3 aromatic rings. The molecule has 0 atom stereocenters. The van der Waals surface area contributed by atoms with E-state index in [0.29, 0.717) is 16.4 Å². The summed E-state index contributed by atoms with van der Waals surface area (Å²) in [6, 6.07) is 11.0. The maximum atomic E-state index is 13.0. The minimum atomic E-state index is -0.394. The number of hydrogen-bond donors (Lipinski definition) is 0. The number of carbonyl (C=O) groups excluding carboxylic acids is 1. The van der Waals surface area contributed by atoms with E-state index in [4.69, 9.17) is 0 Å². The number of Topliss-reactive ketones (excluding diaryl/α,β-unsaturated/α-hetero) is 1. The first kappa shape index (κ1) is 15.3. The van der Waals surface area contributed by atoms with Crippen LogP contribution in [-0.4, -0.2) is 31.7 Å². The van der Waals surface area contributed by atoms with Gasteiger partial charge in [0, 0.05) is 5.56 Å². The summed E-state index contributed by atoms with van der Waals surface area (Å²) in [5.41, 5.74) is 1.01. The van der Waals surface area contributed by atoms with E-state index >= 15 is 0 Å². The van der Waals surface area contributed by atoms with Crippen LogP contribution in [0.2, 0.25) is 0 Å². The lowest BCUT2D eigenvalue weighted by Crippen LogP contribution is -2.05. The van der Waals surface area contributed by atoms with Gasteiger partial charge in [0.05, 0.1) is 11.4 Å². The number of tetrazole rings is 1. The molecule has 0 aliphatic rings. The first-order valence-corrected chi connectivity index (χ1v) is 7.58. The maximum Gasteiger partial charge on any atom is 0.214 e. The van der Waals surface area contributed by atoms with Crippen molar-refractivity contribution in [2.24, 2.45) is 0 Å². The Morgan fingerprint density at radius 2 is 1.61 bits per heavy atom. The first-order valence-electron chi connectivity index (χ1n) is 6.59. The van der Waals surface area contributed by atoms with Crippen LogP contribution in [0, 0.1) is 11.6 Å². The van der Waals surface area contributed by atoms with Gasteiger partial charge in [-0.05, 0) is 59.0 Å². The van der Waals surface area contributed by atoms with E-state index in [2.05, 4.69) is 15.5 Å². The average molecular weight is 332 g/mol. The quantitative estimate of drug-likeness (QED) is 0.531. The molecule has 116 valence electrons. The molecule has 1 heterocycles. The normalized spacial score (nSPS) is 10.7. The summed E-state index contributed by atoms with van der Waals surface area (Å²) in [6.45, 7) is 0. The highest BCUT2D eigenvalue weighted by atomic mass is 32.2. The molecule has 0 amide bonds. The highest BCUT2D eigenvalue weighted by Gasteiger charge is 2.13. The fourth-order valence-electron chi connectivity index (χ4n) is 1.86. The first-order chi connectivity index (χ1) is 11.1. The number of benzene rings is 2. The van der Waals surface area contributed by atoms with Crippen LogP contribution in [-0.2, 0) is 0 Å². The molecule has 0 saturated heterocycles. The molecule has 5 nitrogen and oxygen atoms in total. The minimum absolute atomic E-state index is 0.104. The number of halogens is 2. The largest absolute Gasteiger partial charge is 0.293 e. The van der Waals surface area contributed by atoms with Crippen molar-refractivity contribution >= 4 is 17.5 Å². The number of rotatable bonds is 5. The Hall–Kier alpha value is -2.61. The van der Waals surface area contributed by atoms with Crippen LogP contribution in [0.3, 0.4) is 0 Å². The van der Waals surface area contributed by atoms with Crippen molar-refractivity contribution in [2.45, 2.75) is 5.16 Å².